The second-order valence-electron chi connectivity index (χ2n) is 16.2. The van der Waals surface area contributed by atoms with Gasteiger partial charge in [-0.3, -0.25) is 37.4 Å². The molecule has 22 heteroatoms. The van der Waals surface area contributed by atoms with Crippen LogP contribution in [0.5, 0.6) is 11.5 Å². The Hall–Kier alpha value is -5.84. The number of alkyl halides is 6. The fourth-order valence-corrected chi connectivity index (χ4v) is 9.70. The summed E-state index contributed by atoms with van der Waals surface area (Å²) in [5, 5.41) is 16.3. The van der Waals surface area contributed by atoms with Gasteiger partial charge in [0.2, 0.25) is 0 Å². The number of carbonyl (C=O) groups excluding carboxylic acids is 2. The molecule has 0 saturated heterocycles. The zero-order chi connectivity index (χ0) is 51.0. The molecule has 0 fully saturated rings. The maximum absolute atomic E-state index is 13.3. The van der Waals surface area contributed by atoms with Gasteiger partial charge < -0.3 is 19.7 Å². The quantitative estimate of drug-likeness (QED) is 0.0702. The Balaban J connectivity index is 0.000000286. The number of Topliss-reactive ketones (excluding diaryl/α,β-unsaturated/α-hetero) is 2. The zero-order valence-electron chi connectivity index (χ0n) is 38.5. The largest absolute Gasteiger partial charge is 0.573 e. The fraction of sp³-hybridized carbons (Fsp3) is 0.435. The van der Waals surface area contributed by atoms with E-state index in [4.69, 9.17) is 10.2 Å². The number of hydrogen-bond acceptors (Lipinski definition) is 12. The first kappa shape index (κ1) is 54.8. The first-order chi connectivity index (χ1) is 31.9. The molecule has 0 amide bonds. The molecule has 0 saturated carbocycles. The van der Waals surface area contributed by atoms with Crippen LogP contribution in [-0.2, 0) is 27.2 Å². The smallest absolute Gasteiger partial charge is 0.406 e. The molecular formula is C46H52F6N4O10S2. The lowest BCUT2D eigenvalue weighted by Crippen LogP contribution is -2.39. The Morgan fingerprint density at radius 3 is 1.34 bits per heavy atom. The van der Waals surface area contributed by atoms with E-state index in [0.717, 1.165) is 63.5 Å². The number of thiophene rings is 2. The van der Waals surface area contributed by atoms with Crippen molar-refractivity contribution in [1.29, 1.82) is 0 Å². The average Bonchev–Trinajstić information content (AvgIpc) is 3.86. The average molecular weight is 999 g/mol. The maximum Gasteiger partial charge on any atom is 0.573 e. The minimum absolute atomic E-state index is 0.00459. The molecule has 6 rings (SSSR count). The molecule has 2 aromatic carbocycles. The van der Waals surface area contributed by atoms with E-state index < -0.39 is 46.7 Å². The molecule has 14 nitrogen and oxygen atoms in total. The zero-order valence-corrected chi connectivity index (χ0v) is 40.1. The number of aliphatic hydroxyl groups is 2. The molecule has 0 unspecified atom stereocenters. The van der Waals surface area contributed by atoms with Crippen LogP contribution in [-0.4, -0.2) is 66.5 Å². The van der Waals surface area contributed by atoms with Gasteiger partial charge in [-0.1, -0.05) is 65.3 Å². The molecule has 0 aliphatic carbocycles. The van der Waals surface area contributed by atoms with Gasteiger partial charge in [0.15, 0.2) is 11.6 Å². The monoisotopic (exact) mass is 998 g/mol. The molecule has 0 bridgehead atoms. The molecule has 0 aliphatic rings. The highest BCUT2D eigenvalue weighted by Crippen LogP contribution is 2.41. The lowest BCUT2D eigenvalue weighted by Gasteiger charge is -2.11. The lowest BCUT2D eigenvalue weighted by molar-refractivity contribution is -0.275. The number of ether oxygens (including phenoxy) is 2. The Kier molecular flexibility index (Phi) is 18.5. The van der Waals surface area contributed by atoms with Crippen LogP contribution in [0.4, 0.5) is 26.3 Å². The molecule has 2 N–H and O–H groups in total. The number of hydrogen-bond donors (Lipinski definition) is 2. The Morgan fingerprint density at radius 2 is 1.01 bits per heavy atom. The van der Waals surface area contributed by atoms with Crippen molar-refractivity contribution >= 4 is 54.7 Å². The van der Waals surface area contributed by atoms with Gasteiger partial charge in [0.25, 0.3) is 11.1 Å². The molecule has 6 aromatic rings. The van der Waals surface area contributed by atoms with Crippen molar-refractivity contribution in [3.05, 3.63) is 101 Å². The standard InChI is InChI=1S/C23H25F3N2O4S.C22H23F3N2O5S.CH4O/c1-5-6-10-28-20(30)18-17(16(29)11-13(2)3)19(33-21(18)27(4)22(28)31)14-8-7-9-15(12-14)32-23(24,25)26;1-12(2)10-15(29)16-17-19(30)27(8-5-9-28)21(31)26(3)20(17)33-18(16)13-6-4-7-14(11-13)32-22(23,24)25;1-2/h7-9,12-13H,5-6,10-11H2,1-4H3;4,6-7,11-12,28H,5,8-10H2,1-3H3;2H,1H3. The van der Waals surface area contributed by atoms with E-state index in [9.17, 15) is 55.1 Å². The SMILES string of the molecule is CC(C)CC(=O)c1c(-c2cccc(OC(F)(F)F)c2)sc2c1c(=O)n(CCCO)c(=O)n2C.CCCCn1c(=O)c2c(C(=O)CC(C)C)c(-c3cccc(OC(F)(F)F)c3)sc2n(C)c1=O.CO. The highest BCUT2D eigenvalue weighted by Gasteiger charge is 2.33. The number of carbonyl (C=O) groups is 2. The molecule has 4 aromatic heterocycles. The van der Waals surface area contributed by atoms with Gasteiger partial charge in [-0.2, -0.15) is 0 Å². The van der Waals surface area contributed by atoms with Gasteiger partial charge in [0, 0.05) is 63.5 Å². The minimum Gasteiger partial charge on any atom is -0.406 e. The number of aliphatic hydroxyl groups excluding tert-OH is 2. The van der Waals surface area contributed by atoms with E-state index in [1.54, 1.807) is 6.07 Å². The van der Waals surface area contributed by atoms with E-state index in [-0.39, 0.29) is 99.5 Å². The molecule has 0 aliphatic heterocycles. The second-order valence-corrected chi connectivity index (χ2v) is 18.2. The highest BCUT2D eigenvalue weighted by molar-refractivity contribution is 7.22. The van der Waals surface area contributed by atoms with E-state index >= 15 is 0 Å². The van der Waals surface area contributed by atoms with Crippen molar-refractivity contribution in [2.45, 2.75) is 92.5 Å². The first-order valence-electron chi connectivity index (χ1n) is 21.3. The van der Waals surface area contributed by atoms with Crippen LogP contribution in [0.1, 0.15) is 87.4 Å². The van der Waals surface area contributed by atoms with Crippen LogP contribution < -0.4 is 32.0 Å². The molecule has 0 spiro atoms. The van der Waals surface area contributed by atoms with Gasteiger partial charge in [-0.25, -0.2) is 9.59 Å². The molecule has 370 valence electrons. The van der Waals surface area contributed by atoms with Crippen molar-refractivity contribution in [2.24, 2.45) is 25.9 Å². The van der Waals surface area contributed by atoms with Crippen LogP contribution in [0.3, 0.4) is 0 Å². The number of fused-ring (bicyclic) bond motifs is 2. The van der Waals surface area contributed by atoms with Crippen LogP contribution in [0.15, 0.2) is 67.7 Å². The molecule has 4 heterocycles. The third kappa shape index (κ3) is 12.8. The predicted octanol–water partition coefficient (Wildman–Crippen LogP) is 8.90. The Morgan fingerprint density at radius 1 is 0.647 bits per heavy atom. The first-order valence-corrected chi connectivity index (χ1v) is 22.9. The van der Waals surface area contributed by atoms with Crippen LogP contribution in [0.2, 0.25) is 0 Å². The van der Waals surface area contributed by atoms with E-state index in [2.05, 4.69) is 9.47 Å². The summed E-state index contributed by atoms with van der Waals surface area (Å²) in [6.45, 7) is 9.28. The predicted molar refractivity (Wildman–Crippen MR) is 249 cm³/mol. The number of unbranched alkanes of at least 4 members (excludes halogenated alkanes) is 1. The number of halogens is 6. The third-order valence-corrected chi connectivity index (χ3v) is 12.7. The lowest BCUT2D eigenvalue weighted by atomic mass is 9.97. The van der Waals surface area contributed by atoms with Crippen LogP contribution in [0, 0.1) is 11.8 Å². The summed E-state index contributed by atoms with van der Waals surface area (Å²) in [6, 6.07) is 10.4. The summed E-state index contributed by atoms with van der Waals surface area (Å²) in [4.78, 5) is 79.9. The molecular weight excluding hydrogens is 947 g/mol. The number of aryl methyl sites for hydroxylation is 2. The van der Waals surface area contributed by atoms with E-state index in [0.29, 0.717) is 21.7 Å². The third-order valence-electron chi connectivity index (χ3n) is 10.0. The van der Waals surface area contributed by atoms with E-state index in [1.165, 1.54) is 47.5 Å². The second kappa shape index (κ2) is 23.0. The summed E-state index contributed by atoms with van der Waals surface area (Å²) in [5.74, 6) is -1.59. The summed E-state index contributed by atoms with van der Waals surface area (Å²) in [7, 11) is 3.98. The minimum atomic E-state index is -4.89. The number of aromatic nitrogens is 4. The van der Waals surface area contributed by atoms with Crippen molar-refractivity contribution in [2.75, 3.05) is 13.7 Å². The van der Waals surface area contributed by atoms with Crippen molar-refractivity contribution in [3.63, 3.8) is 0 Å². The number of ketones is 2. The number of rotatable bonds is 16. The van der Waals surface area contributed by atoms with Gasteiger partial charge in [0.1, 0.15) is 21.2 Å². The van der Waals surface area contributed by atoms with Gasteiger partial charge in [-0.05, 0) is 60.1 Å². The van der Waals surface area contributed by atoms with Crippen molar-refractivity contribution in [3.8, 4) is 32.4 Å². The normalized spacial score (nSPS) is 11.7. The van der Waals surface area contributed by atoms with Crippen molar-refractivity contribution < 1.29 is 55.6 Å². The van der Waals surface area contributed by atoms with Gasteiger partial charge in [0.05, 0.1) is 21.9 Å². The van der Waals surface area contributed by atoms with Gasteiger partial charge >= 0.3 is 24.1 Å². The van der Waals surface area contributed by atoms with Crippen LogP contribution in [0.25, 0.3) is 41.3 Å². The highest BCUT2D eigenvalue weighted by atomic mass is 32.1. The van der Waals surface area contributed by atoms with Crippen LogP contribution >= 0.6 is 22.7 Å². The van der Waals surface area contributed by atoms with Crippen molar-refractivity contribution in [1.82, 2.24) is 18.3 Å². The summed E-state index contributed by atoms with van der Waals surface area (Å²) < 4.78 is 89.0. The fourth-order valence-electron chi connectivity index (χ4n) is 7.18. The molecule has 0 radical (unpaired) electrons. The number of benzene rings is 2. The summed E-state index contributed by atoms with van der Waals surface area (Å²) in [6.07, 6.45) is -7.95. The topological polar surface area (TPSA) is 181 Å². The Bertz CT molecular complexity index is 2810. The van der Waals surface area contributed by atoms with E-state index in [1.807, 2.05) is 34.6 Å². The molecule has 68 heavy (non-hydrogen) atoms. The number of nitrogens with zero attached hydrogens (tertiary/aromatic N) is 4. The maximum atomic E-state index is 13.3. The summed E-state index contributed by atoms with van der Waals surface area (Å²) >= 11 is 2.03. The molecule has 0 atom stereocenters. The summed E-state index contributed by atoms with van der Waals surface area (Å²) in [5.41, 5.74) is -1.55. The van der Waals surface area contributed by atoms with Gasteiger partial charge in [-0.15, -0.1) is 49.0 Å². The Labute approximate surface area is 393 Å².